The second-order valence-corrected chi connectivity index (χ2v) is 3.55. The number of hydrogen-bond acceptors (Lipinski definition) is 2. The van der Waals surface area contributed by atoms with Crippen molar-refractivity contribution in [3.8, 4) is 0 Å². The van der Waals surface area contributed by atoms with Crippen LogP contribution in [0.2, 0.25) is 0 Å². The molecule has 3 nitrogen and oxygen atoms in total. The van der Waals surface area contributed by atoms with E-state index in [0.29, 0.717) is 19.7 Å². The van der Waals surface area contributed by atoms with Crippen molar-refractivity contribution in [3.05, 3.63) is 0 Å². The van der Waals surface area contributed by atoms with Crippen LogP contribution >= 0.6 is 0 Å². The molecule has 82 valence electrons. The molecule has 5 heteroatoms. The van der Waals surface area contributed by atoms with E-state index in [0.717, 1.165) is 12.8 Å². The maximum absolute atomic E-state index is 12.1. The monoisotopic (exact) mass is 207 g/mol. The van der Waals surface area contributed by atoms with Crippen molar-refractivity contribution in [2.75, 3.05) is 26.8 Å². The summed E-state index contributed by atoms with van der Waals surface area (Å²) in [5.74, 6) is -0.845. The number of alkyl halides is 2. The first-order chi connectivity index (χ1) is 6.65. The summed E-state index contributed by atoms with van der Waals surface area (Å²) in [5, 5.41) is 0. The summed E-state index contributed by atoms with van der Waals surface area (Å²) in [6, 6.07) is 0. The summed E-state index contributed by atoms with van der Waals surface area (Å²) < 4.78 is 29.2. The molecule has 1 aliphatic rings. The summed E-state index contributed by atoms with van der Waals surface area (Å²) in [7, 11) is 1.58. The Morgan fingerprint density at radius 2 is 2.36 bits per heavy atom. The highest BCUT2D eigenvalue weighted by Gasteiger charge is 2.28. The number of carbonyl (C=O) groups is 1. The van der Waals surface area contributed by atoms with E-state index in [1.807, 2.05) is 0 Å². The molecule has 0 aromatic heterocycles. The lowest BCUT2D eigenvalue weighted by Crippen LogP contribution is -2.43. The molecule has 0 spiro atoms. The van der Waals surface area contributed by atoms with E-state index in [2.05, 4.69) is 0 Å². The average Bonchev–Trinajstić information content (AvgIpc) is 2.17. The number of piperidine rings is 1. The van der Waals surface area contributed by atoms with Crippen LogP contribution in [0.4, 0.5) is 8.78 Å². The summed E-state index contributed by atoms with van der Waals surface area (Å²) in [4.78, 5) is 12.2. The predicted octanol–water partition coefficient (Wildman–Crippen LogP) is 1.14. The van der Waals surface area contributed by atoms with Gasteiger partial charge >= 0.3 is 6.43 Å². The van der Waals surface area contributed by atoms with Gasteiger partial charge in [0.25, 0.3) is 5.91 Å². The molecule has 1 amide bonds. The average molecular weight is 207 g/mol. The highest BCUT2D eigenvalue weighted by atomic mass is 19.3. The minimum atomic E-state index is -2.88. The Kier molecular flexibility index (Phi) is 4.25. The first-order valence-electron chi connectivity index (χ1n) is 4.71. The van der Waals surface area contributed by atoms with Crippen molar-refractivity contribution >= 4 is 5.91 Å². The zero-order valence-electron chi connectivity index (χ0n) is 8.21. The smallest absolute Gasteiger partial charge is 0.315 e. The maximum Gasteiger partial charge on any atom is 0.315 e. The fourth-order valence-electron chi connectivity index (χ4n) is 1.77. The number of methoxy groups -OCH3 is 1. The Morgan fingerprint density at radius 1 is 1.64 bits per heavy atom. The highest BCUT2D eigenvalue weighted by molar-refractivity contribution is 5.79. The Bertz CT molecular complexity index is 197. The van der Waals surface area contributed by atoms with Crippen LogP contribution in [0, 0.1) is 5.92 Å². The molecule has 0 aromatic carbocycles. The van der Waals surface area contributed by atoms with Gasteiger partial charge in [0.15, 0.2) is 0 Å². The van der Waals surface area contributed by atoms with Gasteiger partial charge in [-0.1, -0.05) is 0 Å². The summed E-state index contributed by atoms with van der Waals surface area (Å²) in [5.41, 5.74) is 0. The second kappa shape index (κ2) is 5.24. The highest BCUT2D eigenvalue weighted by Crippen LogP contribution is 2.18. The predicted molar refractivity (Wildman–Crippen MR) is 47.2 cm³/mol. The van der Waals surface area contributed by atoms with Crippen LogP contribution in [-0.4, -0.2) is 44.0 Å². The Hall–Kier alpha value is -0.710. The van der Waals surface area contributed by atoms with Gasteiger partial charge in [-0.15, -0.1) is 0 Å². The molecule has 1 atom stereocenters. The van der Waals surface area contributed by atoms with Crippen molar-refractivity contribution < 1.29 is 18.3 Å². The van der Waals surface area contributed by atoms with Gasteiger partial charge < -0.3 is 9.64 Å². The zero-order valence-corrected chi connectivity index (χ0v) is 8.21. The fourth-order valence-corrected chi connectivity index (χ4v) is 1.77. The van der Waals surface area contributed by atoms with E-state index in [1.165, 1.54) is 4.90 Å². The lowest BCUT2D eigenvalue weighted by atomic mass is 9.99. The number of rotatable bonds is 3. The fraction of sp³-hybridized carbons (Fsp3) is 0.889. The van der Waals surface area contributed by atoms with Crippen LogP contribution in [0.3, 0.4) is 0 Å². The quantitative estimate of drug-likeness (QED) is 0.694. The molecule has 1 rings (SSSR count). The van der Waals surface area contributed by atoms with Gasteiger partial charge in [0.1, 0.15) is 0 Å². The van der Waals surface area contributed by atoms with Gasteiger partial charge in [-0.25, -0.2) is 0 Å². The number of halogens is 2. The molecule has 1 saturated heterocycles. The maximum atomic E-state index is 12.1. The molecule has 0 aliphatic carbocycles. The van der Waals surface area contributed by atoms with Crippen LogP contribution in [0.25, 0.3) is 0 Å². The summed E-state index contributed by atoms with van der Waals surface area (Å²) >= 11 is 0. The number of amides is 1. The van der Waals surface area contributed by atoms with Gasteiger partial charge in [0.2, 0.25) is 0 Å². The van der Waals surface area contributed by atoms with Gasteiger partial charge in [-0.2, -0.15) is 8.78 Å². The molecular weight excluding hydrogens is 192 g/mol. The number of carbonyl (C=O) groups excluding carboxylic acids is 1. The molecule has 0 radical (unpaired) electrons. The van der Waals surface area contributed by atoms with E-state index < -0.39 is 12.3 Å². The molecule has 0 N–H and O–H groups in total. The Labute approximate surface area is 82.0 Å². The van der Waals surface area contributed by atoms with Crippen molar-refractivity contribution in [2.24, 2.45) is 5.92 Å². The first kappa shape index (κ1) is 11.4. The van der Waals surface area contributed by atoms with E-state index in [4.69, 9.17) is 4.74 Å². The third kappa shape index (κ3) is 2.90. The summed E-state index contributed by atoms with van der Waals surface area (Å²) in [6.07, 6.45) is -1.15. The number of hydrogen-bond donors (Lipinski definition) is 0. The molecule has 0 bridgehead atoms. The van der Waals surface area contributed by atoms with Crippen LogP contribution in [0.1, 0.15) is 12.8 Å². The van der Waals surface area contributed by atoms with E-state index >= 15 is 0 Å². The van der Waals surface area contributed by atoms with Gasteiger partial charge in [0.05, 0.1) is 6.61 Å². The van der Waals surface area contributed by atoms with Crippen molar-refractivity contribution in [2.45, 2.75) is 19.3 Å². The third-order valence-corrected chi connectivity index (χ3v) is 2.42. The standard InChI is InChI=1S/C9H15F2NO2/c1-14-6-7-3-2-4-12(5-7)9(13)8(10)11/h7-8H,2-6H2,1H3. The molecular formula is C9H15F2NO2. The van der Waals surface area contributed by atoms with Crippen molar-refractivity contribution in [3.63, 3.8) is 0 Å². The molecule has 1 heterocycles. The Balaban J connectivity index is 2.43. The van der Waals surface area contributed by atoms with Crippen LogP contribution < -0.4 is 0 Å². The van der Waals surface area contributed by atoms with E-state index in [9.17, 15) is 13.6 Å². The van der Waals surface area contributed by atoms with Gasteiger partial charge in [-0.3, -0.25) is 4.79 Å². The topological polar surface area (TPSA) is 29.5 Å². The number of nitrogens with zero attached hydrogens (tertiary/aromatic N) is 1. The minimum absolute atomic E-state index is 0.205. The number of likely N-dealkylation sites (tertiary alicyclic amines) is 1. The second-order valence-electron chi connectivity index (χ2n) is 3.55. The van der Waals surface area contributed by atoms with Crippen LogP contribution in [0.15, 0.2) is 0 Å². The normalized spacial score (nSPS) is 22.9. The molecule has 1 fully saturated rings. The molecule has 0 saturated carbocycles. The minimum Gasteiger partial charge on any atom is -0.384 e. The first-order valence-corrected chi connectivity index (χ1v) is 4.71. The zero-order chi connectivity index (χ0) is 10.6. The van der Waals surface area contributed by atoms with E-state index in [-0.39, 0.29) is 5.92 Å². The molecule has 1 unspecified atom stereocenters. The van der Waals surface area contributed by atoms with E-state index in [1.54, 1.807) is 7.11 Å². The van der Waals surface area contributed by atoms with Crippen LogP contribution in [0.5, 0.6) is 0 Å². The largest absolute Gasteiger partial charge is 0.384 e. The van der Waals surface area contributed by atoms with Crippen molar-refractivity contribution in [1.29, 1.82) is 0 Å². The lowest BCUT2D eigenvalue weighted by molar-refractivity contribution is -0.145. The SMILES string of the molecule is COCC1CCCN(C(=O)C(F)F)C1. The molecule has 1 aliphatic heterocycles. The van der Waals surface area contributed by atoms with Crippen LogP contribution in [-0.2, 0) is 9.53 Å². The summed E-state index contributed by atoms with van der Waals surface area (Å²) in [6.45, 7) is 1.38. The van der Waals surface area contributed by atoms with Gasteiger partial charge in [0, 0.05) is 20.2 Å². The molecule has 14 heavy (non-hydrogen) atoms. The lowest BCUT2D eigenvalue weighted by Gasteiger charge is -2.32. The molecule has 0 aromatic rings. The third-order valence-electron chi connectivity index (χ3n) is 2.42. The number of ether oxygens (including phenoxy) is 1. The van der Waals surface area contributed by atoms with Crippen molar-refractivity contribution in [1.82, 2.24) is 4.90 Å². The Morgan fingerprint density at radius 3 is 2.93 bits per heavy atom. The van der Waals surface area contributed by atoms with Gasteiger partial charge in [-0.05, 0) is 18.8 Å².